The van der Waals surface area contributed by atoms with Crippen molar-refractivity contribution in [3.05, 3.63) is 53.9 Å². The van der Waals surface area contributed by atoms with Crippen molar-refractivity contribution in [2.45, 2.75) is 18.9 Å². The van der Waals surface area contributed by atoms with E-state index in [0.717, 1.165) is 12.8 Å². The number of nitrogens with one attached hydrogen (secondary N) is 1. The van der Waals surface area contributed by atoms with Crippen LogP contribution in [0.25, 0.3) is 0 Å². The number of hydrogen-bond acceptors (Lipinski definition) is 3. The summed E-state index contributed by atoms with van der Waals surface area (Å²) in [6.45, 7) is 0. The summed E-state index contributed by atoms with van der Waals surface area (Å²) in [6.07, 6.45) is 5.78. The van der Waals surface area contributed by atoms with E-state index in [4.69, 9.17) is 0 Å². The van der Waals surface area contributed by atoms with E-state index in [1.165, 1.54) is 11.1 Å². The van der Waals surface area contributed by atoms with Gasteiger partial charge in [0.05, 0.1) is 6.04 Å². The molecule has 1 N–H and O–H groups in total. The Labute approximate surface area is 94.6 Å². The Balaban J connectivity index is 1.84. The Hall–Kier alpha value is -1.90. The molecule has 0 spiro atoms. The zero-order chi connectivity index (χ0) is 10.8. The minimum absolute atomic E-state index is 0.360. The second kappa shape index (κ2) is 3.93. The van der Waals surface area contributed by atoms with E-state index in [2.05, 4.69) is 39.6 Å². The first-order valence-corrected chi connectivity index (χ1v) is 5.55. The third kappa shape index (κ3) is 1.65. The molecule has 3 heteroatoms. The molecule has 1 aliphatic rings. The second-order valence-corrected chi connectivity index (χ2v) is 4.01. The molecule has 16 heavy (non-hydrogen) atoms. The maximum absolute atomic E-state index is 4.19. The Morgan fingerprint density at radius 1 is 1.06 bits per heavy atom. The van der Waals surface area contributed by atoms with Crippen LogP contribution in [-0.4, -0.2) is 9.97 Å². The molecule has 1 unspecified atom stereocenters. The summed E-state index contributed by atoms with van der Waals surface area (Å²) >= 11 is 0. The van der Waals surface area contributed by atoms with Crippen molar-refractivity contribution in [1.82, 2.24) is 9.97 Å². The Bertz CT molecular complexity index is 482. The van der Waals surface area contributed by atoms with Gasteiger partial charge in [-0.2, -0.15) is 0 Å². The van der Waals surface area contributed by atoms with Gasteiger partial charge in [-0.1, -0.05) is 24.3 Å². The highest BCUT2D eigenvalue weighted by molar-refractivity contribution is 5.40. The topological polar surface area (TPSA) is 37.8 Å². The fourth-order valence-electron chi connectivity index (χ4n) is 2.24. The summed E-state index contributed by atoms with van der Waals surface area (Å²) < 4.78 is 0. The van der Waals surface area contributed by atoms with E-state index in [-0.39, 0.29) is 0 Å². The summed E-state index contributed by atoms with van der Waals surface area (Å²) in [7, 11) is 0. The van der Waals surface area contributed by atoms with Crippen LogP contribution in [0.1, 0.15) is 23.6 Å². The quantitative estimate of drug-likeness (QED) is 0.829. The molecule has 0 fully saturated rings. The van der Waals surface area contributed by atoms with E-state index in [1.807, 2.05) is 6.07 Å². The average molecular weight is 211 g/mol. The molecule has 3 rings (SSSR count). The number of nitrogens with zero attached hydrogens (tertiary/aromatic N) is 2. The Morgan fingerprint density at radius 2 is 1.88 bits per heavy atom. The van der Waals surface area contributed by atoms with Gasteiger partial charge in [-0.15, -0.1) is 0 Å². The summed E-state index contributed by atoms with van der Waals surface area (Å²) in [5, 5.41) is 3.37. The molecule has 0 amide bonds. The predicted molar refractivity (Wildman–Crippen MR) is 63.2 cm³/mol. The van der Waals surface area contributed by atoms with Crippen LogP contribution in [0, 0.1) is 0 Å². The van der Waals surface area contributed by atoms with E-state index < -0.39 is 0 Å². The van der Waals surface area contributed by atoms with Gasteiger partial charge >= 0.3 is 0 Å². The zero-order valence-corrected chi connectivity index (χ0v) is 8.93. The number of hydrogen-bond donors (Lipinski definition) is 1. The van der Waals surface area contributed by atoms with Crippen LogP contribution in [0.4, 0.5) is 5.95 Å². The molecule has 3 nitrogen and oxygen atoms in total. The third-order valence-corrected chi connectivity index (χ3v) is 3.00. The van der Waals surface area contributed by atoms with Crippen LogP contribution in [0.5, 0.6) is 0 Å². The number of fused-ring (bicyclic) bond motifs is 1. The lowest BCUT2D eigenvalue weighted by molar-refractivity contribution is 0.751. The molecule has 0 radical (unpaired) electrons. The largest absolute Gasteiger partial charge is 0.347 e. The number of rotatable bonds is 2. The fraction of sp³-hybridized carbons (Fsp3) is 0.231. The van der Waals surface area contributed by atoms with E-state index >= 15 is 0 Å². The molecule has 0 bridgehead atoms. The van der Waals surface area contributed by atoms with Gasteiger partial charge in [0.25, 0.3) is 0 Å². The molecule has 80 valence electrons. The van der Waals surface area contributed by atoms with Gasteiger partial charge in [-0.3, -0.25) is 0 Å². The van der Waals surface area contributed by atoms with Crippen LogP contribution < -0.4 is 5.32 Å². The molecular weight excluding hydrogens is 198 g/mol. The number of aromatic nitrogens is 2. The van der Waals surface area contributed by atoms with Gasteiger partial charge in [0.15, 0.2) is 0 Å². The second-order valence-electron chi connectivity index (χ2n) is 4.01. The van der Waals surface area contributed by atoms with Gasteiger partial charge in [0.2, 0.25) is 5.95 Å². The van der Waals surface area contributed by atoms with Crippen LogP contribution >= 0.6 is 0 Å². The summed E-state index contributed by atoms with van der Waals surface area (Å²) in [5.41, 5.74) is 2.82. The normalized spacial score (nSPS) is 18.1. The lowest BCUT2D eigenvalue weighted by Crippen LogP contribution is -2.09. The van der Waals surface area contributed by atoms with Gasteiger partial charge in [0, 0.05) is 12.4 Å². The van der Waals surface area contributed by atoms with Crippen molar-refractivity contribution in [3.8, 4) is 0 Å². The molecule has 1 aromatic carbocycles. The van der Waals surface area contributed by atoms with Gasteiger partial charge in [0.1, 0.15) is 0 Å². The maximum atomic E-state index is 4.19. The standard InChI is InChI=1S/C13H13N3/c1-2-5-11-10(4-1)6-7-12(11)16-13-14-8-3-9-15-13/h1-5,8-9,12H,6-7H2,(H,14,15,16). The first kappa shape index (κ1) is 9.33. The van der Waals surface area contributed by atoms with Crippen molar-refractivity contribution in [2.75, 3.05) is 5.32 Å². The number of aryl methyl sites for hydroxylation is 1. The molecule has 0 saturated carbocycles. The van der Waals surface area contributed by atoms with Crippen LogP contribution in [0.2, 0.25) is 0 Å². The number of benzene rings is 1. The van der Waals surface area contributed by atoms with Crippen molar-refractivity contribution in [3.63, 3.8) is 0 Å². The SMILES string of the molecule is c1cnc(NC2CCc3ccccc32)nc1. The lowest BCUT2D eigenvalue weighted by Gasteiger charge is -2.13. The average Bonchev–Trinajstić information content (AvgIpc) is 2.74. The molecular formula is C13H13N3. The van der Waals surface area contributed by atoms with Crippen molar-refractivity contribution >= 4 is 5.95 Å². The van der Waals surface area contributed by atoms with E-state index in [1.54, 1.807) is 12.4 Å². The fourth-order valence-corrected chi connectivity index (χ4v) is 2.24. The highest BCUT2D eigenvalue weighted by Gasteiger charge is 2.21. The lowest BCUT2D eigenvalue weighted by atomic mass is 10.1. The van der Waals surface area contributed by atoms with Crippen LogP contribution in [0.15, 0.2) is 42.7 Å². The predicted octanol–water partition coefficient (Wildman–Crippen LogP) is 2.58. The molecule has 1 aliphatic carbocycles. The molecule has 2 aromatic rings. The molecule has 0 saturated heterocycles. The zero-order valence-electron chi connectivity index (χ0n) is 8.93. The van der Waals surface area contributed by atoms with E-state index in [9.17, 15) is 0 Å². The summed E-state index contributed by atoms with van der Waals surface area (Å²) in [4.78, 5) is 8.39. The van der Waals surface area contributed by atoms with Gasteiger partial charge in [-0.05, 0) is 30.0 Å². The first-order chi connectivity index (χ1) is 7.93. The van der Waals surface area contributed by atoms with Crippen molar-refractivity contribution in [2.24, 2.45) is 0 Å². The minimum Gasteiger partial charge on any atom is -0.347 e. The Kier molecular flexibility index (Phi) is 2.29. The van der Waals surface area contributed by atoms with Gasteiger partial charge in [-0.25, -0.2) is 9.97 Å². The maximum Gasteiger partial charge on any atom is 0.223 e. The Morgan fingerprint density at radius 3 is 2.75 bits per heavy atom. The van der Waals surface area contributed by atoms with Crippen LogP contribution in [0.3, 0.4) is 0 Å². The third-order valence-electron chi connectivity index (χ3n) is 3.00. The molecule has 1 atom stereocenters. The minimum atomic E-state index is 0.360. The molecule has 1 heterocycles. The van der Waals surface area contributed by atoms with Crippen LogP contribution in [-0.2, 0) is 6.42 Å². The summed E-state index contributed by atoms with van der Waals surface area (Å²) in [5.74, 6) is 0.712. The molecule has 1 aromatic heterocycles. The highest BCUT2D eigenvalue weighted by atomic mass is 15.1. The van der Waals surface area contributed by atoms with Gasteiger partial charge < -0.3 is 5.32 Å². The molecule has 0 aliphatic heterocycles. The smallest absolute Gasteiger partial charge is 0.223 e. The number of anilines is 1. The van der Waals surface area contributed by atoms with E-state index in [0.29, 0.717) is 12.0 Å². The van der Waals surface area contributed by atoms with Crippen molar-refractivity contribution in [1.29, 1.82) is 0 Å². The summed E-state index contributed by atoms with van der Waals surface area (Å²) in [6, 6.07) is 10.8. The van der Waals surface area contributed by atoms with Crippen molar-refractivity contribution < 1.29 is 0 Å². The highest BCUT2D eigenvalue weighted by Crippen LogP contribution is 2.32. The first-order valence-electron chi connectivity index (χ1n) is 5.55. The monoisotopic (exact) mass is 211 g/mol.